The number of piperidine rings is 1. The largest absolute Gasteiger partial charge is 0.497 e. The Balaban J connectivity index is 1.98. The molecule has 2 amide bonds. The van der Waals surface area contributed by atoms with Crippen LogP contribution >= 0.6 is 0 Å². The van der Waals surface area contributed by atoms with Gasteiger partial charge < -0.3 is 24.3 Å². The van der Waals surface area contributed by atoms with Gasteiger partial charge in [0, 0.05) is 24.9 Å². The van der Waals surface area contributed by atoms with E-state index in [2.05, 4.69) is 10.2 Å². The summed E-state index contributed by atoms with van der Waals surface area (Å²) in [5.74, 6) is 0.270. The summed E-state index contributed by atoms with van der Waals surface area (Å²) in [5, 5.41) is 2.91. The Labute approximate surface area is 206 Å². The zero-order valence-corrected chi connectivity index (χ0v) is 21.1. The Morgan fingerprint density at radius 2 is 1.74 bits per heavy atom. The van der Waals surface area contributed by atoms with Crippen molar-refractivity contribution >= 4 is 18.0 Å². The summed E-state index contributed by atoms with van der Waals surface area (Å²) in [6.45, 7) is 5.75. The zero-order chi connectivity index (χ0) is 25.5. The standard InChI is InChI=1S/C25H35N3O7/c1-6-34-23(29)16-10-12-28(13-11-16)15-19-21(24(30)35-7-2)22(26-25(31)27(19)3)18-14-17(32-4)8-9-20(18)33-5/h8-9,14,16,22H,6-7,10-13,15H2,1-5H3,(H,26,31)/t22-/m0/s1. The van der Waals surface area contributed by atoms with Gasteiger partial charge in [0.25, 0.3) is 0 Å². The number of likely N-dealkylation sites (N-methyl/N-ethyl adjacent to an activating group) is 1. The van der Waals surface area contributed by atoms with Crippen LogP contribution in [-0.2, 0) is 19.1 Å². The summed E-state index contributed by atoms with van der Waals surface area (Å²) in [5.41, 5.74) is 1.49. The first-order chi connectivity index (χ1) is 16.8. The molecular weight excluding hydrogens is 454 g/mol. The predicted molar refractivity (Wildman–Crippen MR) is 128 cm³/mol. The Morgan fingerprint density at radius 1 is 1.06 bits per heavy atom. The molecule has 10 heteroatoms. The van der Waals surface area contributed by atoms with E-state index in [4.69, 9.17) is 18.9 Å². The van der Waals surface area contributed by atoms with Gasteiger partial charge in [-0.3, -0.25) is 14.6 Å². The fraction of sp³-hybridized carbons (Fsp3) is 0.560. The van der Waals surface area contributed by atoms with Crippen molar-refractivity contribution in [2.45, 2.75) is 32.7 Å². The summed E-state index contributed by atoms with van der Waals surface area (Å²) in [4.78, 5) is 42.0. The Morgan fingerprint density at radius 3 is 2.34 bits per heavy atom. The van der Waals surface area contributed by atoms with Crippen molar-refractivity contribution in [3.05, 3.63) is 35.0 Å². The van der Waals surface area contributed by atoms with Crippen LogP contribution in [0, 0.1) is 5.92 Å². The number of carbonyl (C=O) groups is 3. The molecule has 2 aliphatic heterocycles. The molecule has 0 spiro atoms. The molecule has 0 unspecified atom stereocenters. The lowest BCUT2D eigenvalue weighted by Crippen LogP contribution is -2.50. The normalized spacial score (nSPS) is 19.3. The number of amides is 2. The third-order valence-corrected chi connectivity index (χ3v) is 6.40. The predicted octanol–water partition coefficient (Wildman–Crippen LogP) is 2.49. The van der Waals surface area contributed by atoms with Crippen LogP contribution in [0.15, 0.2) is 29.5 Å². The second kappa shape index (κ2) is 11.9. The van der Waals surface area contributed by atoms with Gasteiger partial charge in [0.1, 0.15) is 11.5 Å². The summed E-state index contributed by atoms with van der Waals surface area (Å²) in [6, 6.07) is 4.11. The van der Waals surface area contributed by atoms with Crippen molar-refractivity contribution in [1.29, 1.82) is 0 Å². The molecule has 10 nitrogen and oxygen atoms in total. The molecule has 1 fully saturated rings. The van der Waals surface area contributed by atoms with Crippen LogP contribution in [0.1, 0.15) is 38.3 Å². The van der Waals surface area contributed by atoms with E-state index in [1.54, 1.807) is 46.2 Å². The highest BCUT2D eigenvalue weighted by atomic mass is 16.5. The number of carbonyl (C=O) groups excluding carboxylic acids is 3. The molecule has 1 aromatic rings. The summed E-state index contributed by atoms with van der Waals surface area (Å²) in [7, 11) is 4.71. The molecule has 3 rings (SSSR count). The molecule has 0 aliphatic carbocycles. The van der Waals surface area contributed by atoms with Crippen LogP contribution in [0.25, 0.3) is 0 Å². The van der Waals surface area contributed by atoms with E-state index in [1.165, 1.54) is 12.0 Å². The highest BCUT2D eigenvalue weighted by Gasteiger charge is 2.39. The fourth-order valence-corrected chi connectivity index (χ4v) is 4.50. The van der Waals surface area contributed by atoms with E-state index >= 15 is 0 Å². The van der Waals surface area contributed by atoms with Gasteiger partial charge in [-0.25, -0.2) is 9.59 Å². The number of rotatable bonds is 9. The summed E-state index contributed by atoms with van der Waals surface area (Å²) >= 11 is 0. The van der Waals surface area contributed by atoms with E-state index in [0.29, 0.717) is 67.4 Å². The Kier molecular flexibility index (Phi) is 8.97. The van der Waals surface area contributed by atoms with Crippen molar-refractivity contribution in [2.24, 2.45) is 5.92 Å². The molecule has 1 aromatic carbocycles. The SMILES string of the molecule is CCOC(=O)C1=C(CN2CCC(C(=O)OCC)CC2)N(C)C(=O)N[C@H]1c1cc(OC)ccc1OC. The Hall–Kier alpha value is -3.27. The lowest BCUT2D eigenvalue weighted by Gasteiger charge is -2.38. The molecule has 192 valence electrons. The van der Waals surface area contributed by atoms with Gasteiger partial charge in [-0.2, -0.15) is 0 Å². The molecule has 2 heterocycles. The van der Waals surface area contributed by atoms with Gasteiger partial charge in [-0.05, 0) is 58.0 Å². The number of hydrogen-bond donors (Lipinski definition) is 1. The first kappa shape index (κ1) is 26.3. The first-order valence-corrected chi connectivity index (χ1v) is 11.9. The minimum atomic E-state index is -0.783. The van der Waals surface area contributed by atoms with Crippen LogP contribution in [-0.4, -0.2) is 81.9 Å². The molecule has 0 saturated carbocycles. The number of esters is 2. The molecule has 0 radical (unpaired) electrons. The molecule has 1 N–H and O–H groups in total. The number of ether oxygens (including phenoxy) is 4. The molecule has 2 aliphatic rings. The maximum absolute atomic E-state index is 13.2. The van der Waals surface area contributed by atoms with Crippen LogP contribution in [0.2, 0.25) is 0 Å². The second-order valence-corrected chi connectivity index (χ2v) is 8.43. The molecule has 35 heavy (non-hydrogen) atoms. The quantitative estimate of drug-likeness (QED) is 0.528. The molecular formula is C25H35N3O7. The number of likely N-dealkylation sites (tertiary alicyclic amines) is 1. The van der Waals surface area contributed by atoms with Crippen molar-refractivity contribution in [2.75, 3.05) is 54.1 Å². The zero-order valence-electron chi connectivity index (χ0n) is 21.1. The summed E-state index contributed by atoms with van der Waals surface area (Å²) in [6.07, 6.45) is 1.31. The molecule has 0 bridgehead atoms. The maximum Gasteiger partial charge on any atom is 0.338 e. The topological polar surface area (TPSA) is 107 Å². The number of hydrogen-bond acceptors (Lipinski definition) is 8. The minimum Gasteiger partial charge on any atom is -0.497 e. The van der Waals surface area contributed by atoms with Crippen LogP contribution in [0.5, 0.6) is 11.5 Å². The van der Waals surface area contributed by atoms with Gasteiger partial charge in [0.15, 0.2) is 0 Å². The second-order valence-electron chi connectivity index (χ2n) is 8.43. The Bertz CT molecular complexity index is 970. The third-order valence-electron chi connectivity index (χ3n) is 6.40. The van der Waals surface area contributed by atoms with Crippen molar-refractivity contribution < 1.29 is 33.3 Å². The van der Waals surface area contributed by atoms with Gasteiger partial charge in [0.2, 0.25) is 0 Å². The van der Waals surface area contributed by atoms with Gasteiger partial charge in [0.05, 0.1) is 45.0 Å². The molecule has 1 saturated heterocycles. The van der Waals surface area contributed by atoms with Crippen molar-refractivity contribution in [1.82, 2.24) is 15.1 Å². The summed E-state index contributed by atoms with van der Waals surface area (Å²) < 4.78 is 21.5. The smallest absolute Gasteiger partial charge is 0.338 e. The van der Waals surface area contributed by atoms with Crippen LogP contribution < -0.4 is 14.8 Å². The van der Waals surface area contributed by atoms with Crippen LogP contribution in [0.4, 0.5) is 4.79 Å². The number of nitrogens with zero attached hydrogens (tertiary/aromatic N) is 2. The van der Waals surface area contributed by atoms with E-state index < -0.39 is 12.0 Å². The van der Waals surface area contributed by atoms with Gasteiger partial charge >= 0.3 is 18.0 Å². The molecule has 1 atom stereocenters. The first-order valence-electron chi connectivity index (χ1n) is 11.9. The lowest BCUT2D eigenvalue weighted by molar-refractivity contribution is -0.149. The van der Waals surface area contributed by atoms with Crippen LogP contribution in [0.3, 0.4) is 0 Å². The molecule has 0 aromatic heterocycles. The average molecular weight is 490 g/mol. The van der Waals surface area contributed by atoms with E-state index in [9.17, 15) is 14.4 Å². The van der Waals surface area contributed by atoms with Gasteiger partial charge in [-0.1, -0.05) is 0 Å². The highest BCUT2D eigenvalue weighted by Crippen LogP contribution is 2.38. The minimum absolute atomic E-state index is 0.133. The van der Waals surface area contributed by atoms with E-state index in [-0.39, 0.29) is 24.5 Å². The highest BCUT2D eigenvalue weighted by molar-refractivity contribution is 5.95. The van der Waals surface area contributed by atoms with Gasteiger partial charge in [-0.15, -0.1) is 0 Å². The van der Waals surface area contributed by atoms with Crippen molar-refractivity contribution in [3.8, 4) is 11.5 Å². The van der Waals surface area contributed by atoms with E-state index in [0.717, 1.165) is 0 Å². The number of nitrogens with one attached hydrogen (secondary N) is 1. The van der Waals surface area contributed by atoms with E-state index in [1.807, 2.05) is 0 Å². The maximum atomic E-state index is 13.2. The fourth-order valence-electron chi connectivity index (χ4n) is 4.50. The number of methoxy groups -OCH3 is 2. The number of benzene rings is 1. The lowest BCUT2D eigenvalue weighted by atomic mass is 9.92. The number of urea groups is 1. The monoisotopic (exact) mass is 489 g/mol. The van der Waals surface area contributed by atoms with Crippen molar-refractivity contribution in [3.63, 3.8) is 0 Å². The average Bonchev–Trinajstić information content (AvgIpc) is 2.86. The third kappa shape index (κ3) is 5.87.